The molecule has 1 amide bonds. The van der Waals surface area contributed by atoms with Crippen molar-refractivity contribution in [2.24, 2.45) is 5.41 Å². The first kappa shape index (κ1) is 9.25. The lowest BCUT2D eigenvalue weighted by Gasteiger charge is -2.22. The Bertz CT molecular complexity index is 383. The lowest BCUT2D eigenvalue weighted by molar-refractivity contribution is -0.118. The second-order valence-electron chi connectivity index (χ2n) is 4.42. The SMILES string of the molecule is CCC1=CC(C)(C)C=CC2=C1C(=O)N2. The Balaban J connectivity index is 2.49. The summed E-state index contributed by atoms with van der Waals surface area (Å²) in [5, 5.41) is 2.80. The predicted molar refractivity (Wildman–Crippen MR) is 56.5 cm³/mol. The average Bonchev–Trinajstić information content (AvgIpc) is 2.19. The number of amides is 1. The second-order valence-corrected chi connectivity index (χ2v) is 4.42. The lowest BCUT2D eigenvalue weighted by atomic mass is 9.88. The molecule has 74 valence electrons. The second kappa shape index (κ2) is 2.84. The zero-order valence-corrected chi connectivity index (χ0v) is 8.85. The largest absolute Gasteiger partial charge is 0.321 e. The zero-order chi connectivity index (χ0) is 10.3. The summed E-state index contributed by atoms with van der Waals surface area (Å²) in [7, 11) is 0. The molecule has 0 aromatic heterocycles. The van der Waals surface area contributed by atoms with Crippen LogP contribution in [-0.2, 0) is 4.79 Å². The number of allylic oxidation sites excluding steroid dienone is 3. The van der Waals surface area contributed by atoms with Gasteiger partial charge < -0.3 is 5.32 Å². The molecule has 0 spiro atoms. The minimum absolute atomic E-state index is 0.0463. The van der Waals surface area contributed by atoms with E-state index >= 15 is 0 Å². The average molecular weight is 189 g/mol. The summed E-state index contributed by atoms with van der Waals surface area (Å²) in [6.45, 7) is 6.38. The summed E-state index contributed by atoms with van der Waals surface area (Å²) in [5.41, 5.74) is 3.08. The van der Waals surface area contributed by atoms with Crippen molar-refractivity contribution in [2.45, 2.75) is 27.2 Å². The van der Waals surface area contributed by atoms with E-state index in [4.69, 9.17) is 0 Å². The van der Waals surface area contributed by atoms with Crippen LogP contribution in [0.1, 0.15) is 27.2 Å². The highest BCUT2D eigenvalue weighted by Crippen LogP contribution is 2.34. The summed E-state index contributed by atoms with van der Waals surface area (Å²) in [6.07, 6.45) is 7.24. The molecule has 0 aromatic carbocycles. The Kier molecular flexibility index (Phi) is 1.88. The fourth-order valence-corrected chi connectivity index (χ4v) is 1.90. The van der Waals surface area contributed by atoms with Crippen LogP contribution < -0.4 is 5.32 Å². The molecular weight excluding hydrogens is 174 g/mol. The van der Waals surface area contributed by atoms with Gasteiger partial charge in [-0.2, -0.15) is 0 Å². The van der Waals surface area contributed by atoms with E-state index in [1.54, 1.807) is 0 Å². The van der Waals surface area contributed by atoms with Gasteiger partial charge in [0.15, 0.2) is 0 Å². The van der Waals surface area contributed by atoms with Crippen molar-refractivity contribution in [3.63, 3.8) is 0 Å². The molecular formula is C12H15NO. The first-order chi connectivity index (χ1) is 6.53. The number of nitrogens with one attached hydrogen (secondary N) is 1. The molecule has 2 rings (SSSR count). The molecule has 1 heterocycles. The highest BCUT2D eigenvalue weighted by molar-refractivity contribution is 6.06. The van der Waals surface area contributed by atoms with Crippen LogP contribution in [0.5, 0.6) is 0 Å². The van der Waals surface area contributed by atoms with Gasteiger partial charge in [-0.1, -0.05) is 32.9 Å². The normalized spacial score (nSPS) is 23.4. The molecule has 2 aliphatic rings. The fraction of sp³-hybridized carbons (Fsp3) is 0.417. The number of hydrogen-bond donors (Lipinski definition) is 1. The molecule has 14 heavy (non-hydrogen) atoms. The van der Waals surface area contributed by atoms with Gasteiger partial charge in [-0.05, 0) is 18.1 Å². The van der Waals surface area contributed by atoms with E-state index in [9.17, 15) is 4.79 Å². The Morgan fingerprint density at radius 1 is 1.43 bits per heavy atom. The molecule has 0 aromatic rings. The molecule has 0 saturated heterocycles. The molecule has 0 unspecified atom stereocenters. The van der Waals surface area contributed by atoms with Crippen LogP contribution in [0.15, 0.2) is 35.1 Å². The molecule has 1 aliphatic carbocycles. The summed E-state index contributed by atoms with van der Waals surface area (Å²) < 4.78 is 0. The van der Waals surface area contributed by atoms with Gasteiger partial charge >= 0.3 is 0 Å². The van der Waals surface area contributed by atoms with Crippen LogP contribution in [0.4, 0.5) is 0 Å². The molecule has 2 nitrogen and oxygen atoms in total. The van der Waals surface area contributed by atoms with Gasteiger partial charge in [0.2, 0.25) is 0 Å². The Morgan fingerprint density at radius 2 is 2.14 bits per heavy atom. The maximum atomic E-state index is 11.4. The van der Waals surface area contributed by atoms with Gasteiger partial charge in [0.1, 0.15) is 0 Å². The van der Waals surface area contributed by atoms with Crippen molar-refractivity contribution in [3.8, 4) is 0 Å². The van der Waals surface area contributed by atoms with Gasteiger partial charge in [-0.25, -0.2) is 0 Å². The number of carbonyl (C=O) groups is 1. The van der Waals surface area contributed by atoms with Crippen LogP contribution in [0.3, 0.4) is 0 Å². The summed E-state index contributed by atoms with van der Waals surface area (Å²) in [5.74, 6) is 0.0652. The summed E-state index contributed by atoms with van der Waals surface area (Å²) >= 11 is 0. The number of rotatable bonds is 1. The molecule has 0 bridgehead atoms. The third-order valence-corrected chi connectivity index (χ3v) is 2.67. The van der Waals surface area contributed by atoms with E-state index < -0.39 is 0 Å². The van der Waals surface area contributed by atoms with Gasteiger partial charge in [-0.15, -0.1) is 0 Å². The lowest BCUT2D eigenvalue weighted by Crippen LogP contribution is -2.36. The molecule has 1 N–H and O–H groups in total. The number of hydrogen-bond acceptors (Lipinski definition) is 1. The van der Waals surface area contributed by atoms with Gasteiger partial charge in [0.05, 0.1) is 11.3 Å². The van der Waals surface area contributed by atoms with Gasteiger partial charge in [-0.3, -0.25) is 4.79 Å². The zero-order valence-electron chi connectivity index (χ0n) is 8.85. The van der Waals surface area contributed by atoms with Crippen molar-refractivity contribution >= 4 is 5.91 Å². The smallest absolute Gasteiger partial charge is 0.258 e. The van der Waals surface area contributed by atoms with E-state index in [1.165, 1.54) is 5.57 Å². The van der Waals surface area contributed by atoms with Crippen LogP contribution in [0, 0.1) is 5.41 Å². The van der Waals surface area contributed by atoms with E-state index in [-0.39, 0.29) is 11.3 Å². The standard InChI is InChI=1S/C12H15NO/c1-4-8-7-12(2,3)6-5-9-10(8)11(14)13-9/h5-7H,4H2,1-3H3,(H,13,14). The van der Waals surface area contributed by atoms with Crippen molar-refractivity contribution in [3.05, 3.63) is 35.1 Å². The summed E-state index contributed by atoms with van der Waals surface area (Å²) in [6, 6.07) is 0. The van der Waals surface area contributed by atoms with Crippen LogP contribution in [-0.4, -0.2) is 5.91 Å². The Morgan fingerprint density at radius 3 is 2.71 bits per heavy atom. The predicted octanol–water partition coefficient (Wildman–Crippen LogP) is 2.30. The minimum atomic E-state index is 0.0463. The highest BCUT2D eigenvalue weighted by atomic mass is 16.2. The molecule has 0 radical (unpaired) electrons. The molecule has 0 saturated carbocycles. The quantitative estimate of drug-likeness (QED) is 0.673. The maximum absolute atomic E-state index is 11.4. The monoisotopic (exact) mass is 189 g/mol. The molecule has 1 aliphatic heterocycles. The van der Waals surface area contributed by atoms with E-state index in [0.717, 1.165) is 17.7 Å². The van der Waals surface area contributed by atoms with Crippen molar-refractivity contribution in [1.82, 2.24) is 5.32 Å². The Hall–Kier alpha value is -1.31. The first-order valence-corrected chi connectivity index (χ1v) is 5.00. The number of carbonyl (C=O) groups excluding carboxylic acids is 1. The molecule has 0 atom stereocenters. The summed E-state index contributed by atoms with van der Waals surface area (Å²) in [4.78, 5) is 11.4. The first-order valence-electron chi connectivity index (χ1n) is 5.00. The Labute approximate surface area is 84.4 Å². The topological polar surface area (TPSA) is 29.1 Å². The highest BCUT2D eigenvalue weighted by Gasteiger charge is 2.30. The molecule has 0 fully saturated rings. The van der Waals surface area contributed by atoms with E-state index in [2.05, 4.69) is 38.2 Å². The van der Waals surface area contributed by atoms with Crippen molar-refractivity contribution in [1.29, 1.82) is 0 Å². The third kappa shape index (κ3) is 1.31. The third-order valence-electron chi connectivity index (χ3n) is 2.67. The fourth-order valence-electron chi connectivity index (χ4n) is 1.90. The van der Waals surface area contributed by atoms with Crippen LogP contribution >= 0.6 is 0 Å². The van der Waals surface area contributed by atoms with Gasteiger partial charge in [0, 0.05) is 5.41 Å². The van der Waals surface area contributed by atoms with Crippen LogP contribution in [0.25, 0.3) is 0 Å². The molecule has 2 heteroatoms. The van der Waals surface area contributed by atoms with Gasteiger partial charge in [0.25, 0.3) is 5.91 Å². The van der Waals surface area contributed by atoms with Crippen molar-refractivity contribution < 1.29 is 4.79 Å². The maximum Gasteiger partial charge on any atom is 0.258 e. The van der Waals surface area contributed by atoms with Crippen molar-refractivity contribution in [2.75, 3.05) is 0 Å². The van der Waals surface area contributed by atoms with E-state index in [0.29, 0.717) is 0 Å². The van der Waals surface area contributed by atoms with Crippen LogP contribution in [0.2, 0.25) is 0 Å². The minimum Gasteiger partial charge on any atom is -0.321 e. The van der Waals surface area contributed by atoms with E-state index in [1.807, 2.05) is 6.08 Å².